The van der Waals surface area contributed by atoms with Gasteiger partial charge in [-0.3, -0.25) is 9.69 Å². The largest absolute Gasteiger partial charge is 0.480 e. The number of carboxylic acid groups (broad SMARTS) is 1. The van der Waals surface area contributed by atoms with Crippen molar-refractivity contribution in [1.29, 1.82) is 0 Å². The molecular formula is C9H20N2O2. The average molecular weight is 188 g/mol. The lowest BCUT2D eigenvalue weighted by atomic mass is 10.3. The summed E-state index contributed by atoms with van der Waals surface area (Å²) in [6.07, 6.45) is 0. The average Bonchev–Trinajstić information content (AvgIpc) is 2.12. The molecule has 0 aromatic heterocycles. The predicted molar refractivity (Wildman–Crippen MR) is 52.9 cm³/mol. The van der Waals surface area contributed by atoms with Crippen molar-refractivity contribution in [1.82, 2.24) is 9.80 Å². The van der Waals surface area contributed by atoms with Crippen LogP contribution in [0.3, 0.4) is 0 Å². The second-order valence-corrected chi connectivity index (χ2v) is 2.97. The van der Waals surface area contributed by atoms with Gasteiger partial charge in [-0.2, -0.15) is 0 Å². The first-order valence-corrected chi connectivity index (χ1v) is 4.81. The molecule has 0 bridgehead atoms. The number of piperazine rings is 1. The molecule has 0 unspecified atom stereocenters. The molecule has 4 nitrogen and oxygen atoms in total. The molecule has 0 amide bonds. The Morgan fingerprint density at radius 2 is 1.69 bits per heavy atom. The maximum atomic E-state index is 10.3. The summed E-state index contributed by atoms with van der Waals surface area (Å²) >= 11 is 0. The standard InChI is InChI=1S/C7H14N2O2.C2H6/c1-8-2-4-9(5-3-8)6-7(10)11;1-2/h2-6H2,1H3,(H,10,11);1-2H3. The molecule has 0 atom stereocenters. The summed E-state index contributed by atoms with van der Waals surface area (Å²) in [5.41, 5.74) is 0. The highest BCUT2D eigenvalue weighted by Crippen LogP contribution is 1.97. The van der Waals surface area contributed by atoms with E-state index in [2.05, 4.69) is 11.9 Å². The van der Waals surface area contributed by atoms with Crippen LogP contribution < -0.4 is 0 Å². The molecule has 1 heterocycles. The molecule has 13 heavy (non-hydrogen) atoms. The lowest BCUT2D eigenvalue weighted by Crippen LogP contribution is -2.46. The van der Waals surface area contributed by atoms with Crippen molar-refractivity contribution < 1.29 is 9.90 Å². The van der Waals surface area contributed by atoms with E-state index < -0.39 is 5.97 Å². The first-order valence-electron chi connectivity index (χ1n) is 4.81. The smallest absolute Gasteiger partial charge is 0.317 e. The van der Waals surface area contributed by atoms with Crippen molar-refractivity contribution >= 4 is 5.97 Å². The van der Waals surface area contributed by atoms with Gasteiger partial charge in [-0.1, -0.05) is 13.8 Å². The van der Waals surface area contributed by atoms with Gasteiger partial charge in [-0.15, -0.1) is 0 Å². The number of likely N-dealkylation sites (N-methyl/N-ethyl adjacent to an activating group) is 1. The monoisotopic (exact) mass is 188 g/mol. The van der Waals surface area contributed by atoms with Crippen molar-refractivity contribution in [3.63, 3.8) is 0 Å². The molecule has 0 aromatic rings. The van der Waals surface area contributed by atoms with E-state index in [1.807, 2.05) is 18.7 Å². The highest BCUT2D eigenvalue weighted by Gasteiger charge is 2.15. The van der Waals surface area contributed by atoms with E-state index in [0.29, 0.717) is 0 Å². The fourth-order valence-electron chi connectivity index (χ4n) is 1.20. The molecule has 0 saturated carbocycles. The second kappa shape index (κ2) is 6.86. The predicted octanol–water partition coefficient (Wildman–Crippen LogP) is 0.345. The zero-order chi connectivity index (χ0) is 10.3. The van der Waals surface area contributed by atoms with Crippen LogP contribution in [0.25, 0.3) is 0 Å². The molecule has 1 aliphatic rings. The number of hydrogen-bond acceptors (Lipinski definition) is 3. The lowest BCUT2D eigenvalue weighted by Gasteiger charge is -2.30. The minimum Gasteiger partial charge on any atom is -0.480 e. The van der Waals surface area contributed by atoms with Crippen LogP contribution in [0.4, 0.5) is 0 Å². The molecule has 0 aromatic carbocycles. The lowest BCUT2D eigenvalue weighted by molar-refractivity contribution is -0.138. The van der Waals surface area contributed by atoms with Gasteiger partial charge in [0, 0.05) is 26.2 Å². The van der Waals surface area contributed by atoms with E-state index in [1.54, 1.807) is 0 Å². The topological polar surface area (TPSA) is 43.8 Å². The van der Waals surface area contributed by atoms with E-state index in [9.17, 15) is 4.79 Å². The number of aliphatic carboxylic acids is 1. The Kier molecular flexibility index (Phi) is 6.54. The van der Waals surface area contributed by atoms with Crippen LogP contribution in [0.5, 0.6) is 0 Å². The molecule has 1 rings (SSSR count). The third-order valence-corrected chi connectivity index (χ3v) is 1.95. The van der Waals surface area contributed by atoms with Crippen molar-refractivity contribution in [3.8, 4) is 0 Å². The van der Waals surface area contributed by atoms with Crippen LogP contribution in [-0.2, 0) is 4.79 Å². The number of nitrogens with zero attached hydrogens (tertiary/aromatic N) is 2. The van der Waals surface area contributed by atoms with Gasteiger partial charge in [-0.05, 0) is 7.05 Å². The summed E-state index contributed by atoms with van der Waals surface area (Å²) in [4.78, 5) is 14.5. The molecule has 0 aliphatic carbocycles. The highest BCUT2D eigenvalue weighted by molar-refractivity contribution is 5.69. The van der Waals surface area contributed by atoms with Crippen molar-refractivity contribution in [2.24, 2.45) is 0 Å². The fraction of sp³-hybridized carbons (Fsp3) is 0.889. The quantitative estimate of drug-likeness (QED) is 0.679. The zero-order valence-corrected chi connectivity index (χ0v) is 8.79. The molecule has 1 N–H and O–H groups in total. The first-order chi connectivity index (χ1) is 6.18. The van der Waals surface area contributed by atoms with E-state index >= 15 is 0 Å². The molecule has 1 aliphatic heterocycles. The Morgan fingerprint density at radius 3 is 2.08 bits per heavy atom. The van der Waals surface area contributed by atoms with Gasteiger partial charge in [0.2, 0.25) is 0 Å². The van der Waals surface area contributed by atoms with Crippen LogP contribution in [0.15, 0.2) is 0 Å². The van der Waals surface area contributed by atoms with Gasteiger partial charge in [0.25, 0.3) is 0 Å². The highest BCUT2D eigenvalue weighted by atomic mass is 16.4. The summed E-state index contributed by atoms with van der Waals surface area (Å²) in [6.45, 7) is 7.90. The van der Waals surface area contributed by atoms with Crippen LogP contribution in [0.1, 0.15) is 13.8 Å². The fourth-order valence-corrected chi connectivity index (χ4v) is 1.20. The van der Waals surface area contributed by atoms with Gasteiger partial charge in [0.15, 0.2) is 0 Å². The maximum absolute atomic E-state index is 10.3. The third-order valence-electron chi connectivity index (χ3n) is 1.95. The van der Waals surface area contributed by atoms with E-state index in [-0.39, 0.29) is 6.54 Å². The molecule has 1 saturated heterocycles. The van der Waals surface area contributed by atoms with Gasteiger partial charge < -0.3 is 10.0 Å². The van der Waals surface area contributed by atoms with Gasteiger partial charge in [0.05, 0.1) is 6.54 Å². The summed E-state index contributed by atoms with van der Waals surface area (Å²) in [5.74, 6) is -0.727. The summed E-state index contributed by atoms with van der Waals surface area (Å²) in [5, 5.41) is 8.48. The summed E-state index contributed by atoms with van der Waals surface area (Å²) in [7, 11) is 2.05. The molecule has 4 heteroatoms. The zero-order valence-electron chi connectivity index (χ0n) is 8.79. The summed E-state index contributed by atoms with van der Waals surface area (Å²) < 4.78 is 0. The normalized spacial score (nSPS) is 19.0. The van der Waals surface area contributed by atoms with E-state index in [4.69, 9.17) is 5.11 Å². The van der Waals surface area contributed by atoms with Crippen molar-refractivity contribution in [3.05, 3.63) is 0 Å². The van der Waals surface area contributed by atoms with Crippen LogP contribution >= 0.6 is 0 Å². The Balaban J connectivity index is 0.000000671. The minimum atomic E-state index is -0.727. The van der Waals surface area contributed by atoms with Crippen molar-refractivity contribution in [2.45, 2.75) is 13.8 Å². The van der Waals surface area contributed by atoms with Crippen molar-refractivity contribution in [2.75, 3.05) is 39.8 Å². The SMILES string of the molecule is CC.CN1CCN(CC(=O)O)CC1. The second-order valence-electron chi connectivity index (χ2n) is 2.97. The Labute approximate surface area is 80.1 Å². The first kappa shape index (κ1) is 12.4. The molecule has 0 radical (unpaired) electrons. The molecule has 78 valence electrons. The van der Waals surface area contributed by atoms with Gasteiger partial charge in [0.1, 0.15) is 0 Å². The Hall–Kier alpha value is -0.610. The Morgan fingerprint density at radius 1 is 1.23 bits per heavy atom. The van der Waals surface area contributed by atoms with Crippen LogP contribution in [0.2, 0.25) is 0 Å². The minimum absolute atomic E-state index is 0.188. The molecule has 1 fully saturated rings. The summed E-state index contributed by atoms with van der Waals surface area (Å²) in [6, 6.07) is 0. The van der Waals surface area contributed by atoms with Crippen LogP contribution in [0, 0.1) is 0 Å². The van der Waals surface area contributed by atoms with Gasteiger partial charge in [-0.25, -0.2) is 0 Å². The molecular weight excluding hydrogens is 168 g/mol. The van der Waals surface area contributed by atoms with Gasteiger partial charge >= 0.3 is 5.97 Å². The van der Waals surface area contributed by atoms with E-state index in [1.165, 1.54) is 0 Å². The maximum Gasteiger partial charge on any atom is 0.317 e. The third kappa shape index (κ3) is 5.60. The van der Waals surface area contributed by atoms with E-state index in [0.717, 1.165) is 26.2 Å². The Bertz CT molecular complexity index is 143. The number of carboxylic acids is 1. The number of carbonyl (C=O) groups is 1. The molecule has 0 spiro atoms. The number of hydrogen-bond donors (Lipinski definition) is 1. The van der Waals surface area contributed by atoms with Crippen LogP contribution in [-0.4, -0.2) is 60.6 Å². The number of rotatable bonds is 2.